The molecule has 0 bridgehead atoms. The number of aliphatic hydroxyl groups excluding tert-OH is 1. The fraction of sp³-hybridized carbons (Fsp3) is 0.533. The van der Waals surface area contributed by atoms with Crippen molar-refractivity contribution in [3.63, 3.8) is 0 Å². The molecule has 1 aliphatic heterocycles. The number of hydrogen-bond donors (Lipinski definition) is 2. The van der Waals surface area contributed by atoms with Crippen LogP contribution in [0.3, 0.4) is 0 Å². The van der Waals surface area contributed by atoms with Crippen LogP contribution >= 0.6 is 0 Å². The molecular weight excluding hydrogens is 272 g/mol. The van der Waals surface area contributed by atoms with Crippen molar-refractivity contribution >= 4 is 11.6 Å². The molecule has 1 saturated heterocycles. The summed E-state index contributed by atoms with van der Waals surface area (Å²) >= 11 is 0. The van der Waals surface area contributed by atoms with Crippen LogP contribution in [-0.2, 0) is 4.74 Å². The lowest BCUT2D eigenvalue weighted by molar-refractivity contribution is -0.0858. The van der Waals surface area contributed by atoms with Crippen molar-refractivity contribution < 1.29 is 19.4 Å². The first-order chi connectivity index (χ1) is 10.0. The third-order valence-electron chi connectivity index (χ3n) is 3.30. The van der Waals surface area contributed by atoms with E-state index in [4.69, 9.17) is 15.2 Å². The highest BCUT2D eigenvalue weighted by Crippen LogP contribution is 2.22. The molecular formula is C15H22N2O4. The maximum Gasteiger partial charge on any atom is 0.254 e. The molecule has 0 aromatic heterocycles. The van der Waals surface area contributed by atoms with Gasteiger partial charge in [0, 0.05) is 30.4 Å². The smallest absolute Gasteiger partial charge is 0.254 e. The van der Waals surface area contributed by atoms with Gasteiger partial charge in [0.1, 0.15) is 5.75 Å². The van der Waals surface area contributed by atoms with Crippen molar-refractivity contribution in [1.82, 2.24) is 4.90 Å². The van der Waals surface area contributed by atoms with Gasteiger partial charge in [-0.05, 0) is 26.0 Å². The number of aliphatic hydroxyl groups is 1. The molecule has 1 aromatic rings. The molecule has 6 heteroatoms. The number of carbonyl (C=O) groups excluding carboxylic acids is 1. The van der Waals surface area contributed by atoms with Gasteiger partial charge in [0.15, 0.2) is 0 Å². The van der Waals surface area contributed by atoms with Crippen LogP contribution in [-0.4, -0.2) is 54.4 Å². The summed E-state index contributed by atoms with van der Waals surface area (Å²) in [7, 11) is 0. The van der Waals surface area contributed by atoms with Crippen LogP contribution in [0.2, 0.25) is 0 Å². The van der Waals surface area contributed by atoms with Gasteiger partial charge in [-0.25, -0.2) is 0 Å². The van der Waals surface area contributed by atoms with Crippen molar-refractivity contribution in [2.75, 3.05) is 32.0 Å². The average molecular weight is 294 g/mol. The molecule has 2 rings (SSSR count). The Bertz CT molecular complexity index is 506. The van der Waals surface area contributed by atoms with Gasteiger partial charge < -0.3 is 25.2 Å². The Morgan fingerprint density at radius 3 is 2.90 bits per heavy atom. The van der Waals surface area contributed by atoms with E-state index in [-0.39, 0.29) is 24.7 Å². The third kappa shape index (κ3) is 3.86. The number of rotatable bonds is 4. The van der Waals surface area contributed by atoms with E-state index in [1.165, 1.54) is 0 Å². The maximum absolute atomic E-state index is 12.6. The van der Waals surface area contributed by atoms with Gasteiger partial charge in [0.25, 0.3) is 5.91 Å². The molecule has 3 N–H and O–H groups in total. The molecule has 1 aromatic carbocycles. The Balaban J connectivity index is 2.18. The van der Waals surface area contributed by atoms with Gasteiger partial charge in [-0.2, -0.15) is 0 Å². The number of hydrogen-bond acceptors (Lipinski definition) is 5. The van der Waals surface area contributed by atoms with Crippen LogP contribution in [0.1, 0.15) is 24.2 Å². The van der Waals surface area contributed by atoms with Crippen molar-refractivity contribution in [3.05, 3.63) is 23.8 Å². The lowest BCUT2D eigenvalue weighted by atomic mass is 10.1. The number of carbonyl (C=O) groups is 1. The number of nitrogen functional groups attached to an aromatic ring is 1. The predicted molar refractivity (Wildman–Crippen MR) is 79.3 cm³/mol. The summed E-state index contributed by atoms with van der Waals surface area (Å²) in [5.41, 5.74) is 6.80. The molecule has 0 radical (unpaired) electrons. The van der Waals surface area contributed by atoms with Gasteiger partial charge in [-0.3, -0.25) is 4.79 Å². The van der Waals surface area contributed by atoms with E-state index < -0.39 is 0 Å². The third-order valence-corrected chi connectivity index (χ3v) is 3.30. The lowest BCUT2D eigenvalue weighted by Crippen LogP contribution is -2.50. The molecule has 1 fully saturated rings. The molecule has 0 spiro atoms. The Hall–Kier alpha value is -1.79. The molecule has 1 heterocycles. The summed E-state index contributed by atoms with van der Waals surface area (Å²) < 4.78 is 11.0. The minimum absolute atomic E-state index is 0.102. The van der Waals surface area contributed by atoms with Gasteiger partial charge >= 0.3 is 0 Å². The molecule has 1 amide bonds. The van der Waals surface area contributed by atoms with Gasteiger partial charge in [-0.1, -0.05) is 0 Å². The van der Waals surface area contributed by atoms with Gasteiger partial charge in [-0.15, -0.1) is 0 Å². The van der Waals surface area contributed by atoms with Crippen LogP contribution in [0, 0.1) is 0 Å². The second-order valence-corrected chi connectivity index (χ2v) is 5.19. The quantitative estimate of drug-likeness (QED) is 0.806. The highest BCUT2D eigenvalue weighted by atomic mass is 16.5. The van der Waals surface area contributed by atoms with Crippen molar-refractivity contribution in [2.45, 2.75) is 26.1 Å². The standard InChI is InChI=1S/C15H22N2O4/c1-3-20-13-5-11(4-12(16)6-13)15(19)17-7-10(2)21-14(8-17)9-18/h4-6,10,14,18H,3,7-9,16H2,1-2H3. The number of nitrogens with zero attached hydrogens (tertiary/aromatic N) is 1. The molecule has 2 unspecified atom stereocenters. The van der Waals surface area contributed by atoms with E-state index in [1.807, 2.05) is 13.8 Å². The molecule has 116 valence electrons. The van der Waals surface area contributed by atoms with Crippen LogP contribution in [0.25, 0.3) is 0 Å². The van der Waals surface area contributed by atoms with E-state index in [1.54, 1.807) is 23.1 Å². The van der Waals surface area contributed by atoms with Crippen LogP contribution < -0.4 is 10.5 Å². The first-order valence-electron chi connectivity index (χ1n) is 7.12. The summed E-state index contributed by atoms with van der Waals surface area (Å²) in [6, 6.07) is 5.02. The van der Waals surface area contributed by atoms with Crippen molar-refractivity contribution in [3.8, 4) is 5.75 Å². The monoisotopic (exact) mass is 294 g/mol. The largest absolute Gasteiger partial charge is 0.494 e. The average Bonchev–Trinajstić information content (AvgIpc) is 2.45. The Morgan fingerprint density at radius 1 is 1.48 bits per heavy atom. The normalized spacial score (nSPS) is 22.1. The number of ether oxygens (including phenoxy) is 2. The molecule has 2 atom stereocenters. The summed E-state index contributed by atoms with van der Waals surface area (Å²) in [5, 5.41) is 9.23. The number of morpholine rings is 1. The minimum atomic E-state index is -0.342. The zero-order valence-corrected chi connectivity index (χ0v) is 12.4. The summed E-state index contributed by atoms with van der Waals surface area (Å²) in [6.07, 6.45) is -0.447. The summed E-state index contributed by atoms with van der Waals surface area (Å²) in [4.78, 5) is 14.3. The molecule has 6 nitrogen and oxygen atoms in total. The fourth-order valence-electron chi connectivity index (χ4n) is 2.49. The molecule has 0 aliphatic carbocycles. The minimum Gasteiger partial charge on any atom is -0.494 e. The van der Waals surface area contributed by atoms with E-state index in [0.29, 0.717) is 36.7 Å². The van der Waals surface area contributed by atoms with E-state index in [9.17, 15) is 9.90 Å². The first kappa shape index (κ1) is 15.6. The second kappa shape index (κ2) is 6.78. The van der Waals surface area contributed by atoms with Gasteiger partial charge in [0.05, 0.1) is 25.4 Å². The van der Waals surface area contributed by atoms with Crippen LogP contribution in [0.5, 0.6) is 5.75 Å². The SMILES string of the molecule is CCOc1cc(N)cc(C(=O)N2CC(C)OC(CO)C2)c1. The van der Waals surface area contributed by atoms with Crippen LogP contribution in [0.15, 0.2) is 18.2 Å². The highest BCUT2D eigenvalue weighted by Gasteiger charge is 2.28. The summed E-state index contributed by atoms with van der Waals surface area (Å²) in [5.74, 6) is 0.456. The number of benzene rings is 1. The summed E-state index contributed by atoms with van der Waals surface area (Å²) in [6.45, 7) is 5.04. The van der Waals surface area contributed by atoms with Gasteiger partial charge in [0.2, 0.25) is 0 Å². The molecule has 1 aliphatic rings. The number of amides is 1. The topological polar surface area (TPSA) is 85.0 Å². The Kier molecular flexibility index (Phi) is 5.03. The van der Waals surface area contributed by atoms with Crippen molar-refractivity contribution in [1.29, 1.82) is 0 Å². The highest BCUT2D eigenvalue weighted by molar-refractivity contribution is 5.95. The molecule has 0 saturated carbocycles. The first-order valence-corrected chi connectivity index (χ1v) is 7.12. The van der Waals surface area contributed by atoms with Crippen LogP contribution in [0.4, 0.5) is 5.69 Å². The zero-order chi connectivity index (χ0) is 15.4. The van der Waals surface area contributed by atoms with E-state index in [2.05, 4.69) is 0 Å². The fourth-order valence-corrected chi connectivity index (χ4v) is 2.49. The maximum atomic E-state index is 12.6. The lowest BCUT2D eigenvalue weighted by Gasteiger charge is -2.36. The number of anilines is 1. The van der Waals surface area contributed by atoms with Crippen molar-refractivity contribution in [2.24, 2.45) is 0 Å². The zero-order valence-electron chi connectivity index (χ0n) is 12.4. The Morgan fingerprint density at radius 2 is 2.24 bits per heavy atom. The second-order valence-electron chi connectivity index (χ2n) is 5.19. The van der Waals surface area contributed by atoms with E-state index in [0.717, 1.165) is 0 Å². The van der Waals surface area contributed by atoms with E-state index >= 15 is 0 Å². The Labute approximate surface area is 124 Å². The number of nitrogens with two attached hydrogens (primary N) is 1. The molecule has 21 heavy (non-hydrogen) atoms. The predicted octanol–water partition coefficient (Wildman–Crippen LogP) is 0.889.